The van der Waals surface area contributed by atoms with Crippen LogP contribution in [0.25, 0.3) is 0 Å². The van der Waals surface area contributed by atoms with Crippen molar-refractivity contribution < 1.29 is 9.47 Å². The Morgan fingerprint density at radius 2 is 1.60 bits per heavy atom. The minimum absolute atomic E-state index is 0.229. The highest BCUT2D eigenvalue weighted by atomic mass is 16.5. The smallest absolute Gasteiger partial charge is 0.0540 e. The molecule has 2 nitrogen and oxygen atoms in total. The molecule has 0 rings (SSSR count). The van der Waals surface area contributed by atoms with Gasteiger partial charge >= 0.3 is 0 Å². The van der Waals surface area contributed by atoms with Gasteiger partial charge in [-0.15, -0.1) is 0 Å². The average Bonchev–Trinajstić information content (AvgIpc) is 2.26. The molecule has 15 heavy (non-hydrogen) atoms. The van der Waals surface area contributed by atoms with Crippen LogP contribution in [0, 0.1) is 11.3 Å². The Hall–Kier alpha value is -0.0800. The number of hydrogen-bond donors (Lipinski definition) is 0. The van der Waals surface area contributed by atoms with Crippen LogP contribution in [0.15, 0.2) is 0 Å². The van der Waals surface area contributed by atoms with Gasteiger partial charge in [0.15, 0.2) is 0 Å². The third-order valence-electron chi connectivity index (χ3n) is 3.52. The molecule has 0 spiro atoms. The van der Waals surface area contributed by atoms with Crippen molar-refractivity contribution in [3.8, 4) is 0 Å². The molecule has 92 valence electrons. The summed E-state index contributed by atoms with van der Waals surface area (Å²) < 4.78 is 10.7. The van der Waals surface area contributed by atoms with Gasteiger partial charge in [0.1, 0.15) is 0 Å². The summed E-state index contributed by atoms with van der Waals surface area (Å²) in [5.74, 6) is 0.810. The van der Waals surface area contributed by atoms with Gasteiger partial charge in [-0.3, -0.25) is 0 Å². The van der Waals surface area contributed by atoms with Crippen LogP contribution in [0.4, 0.5) is 0 Å². The highest BCUT2D eigenvalue weighted by Crippen LogP contribution is 2.31. The van der Waals surface area contributed by atoms with Crippen molar-refractivity contribution in [2.45, 2.75) is 46.5 Å². The van der Waals surface area contributed by atoms with E-state index in [9.17, 15) is 0 Å². The van der Waals surface area contributed by atoms with Crippen LogP contribution in [0.1, 0.15) is 46.5 Å². The summed E-state index contributed by atoms with van der Waals surface area (Å²) >= 11 is 0. The zero-order chi connectivity index (χ0) is 11.7. The molecule has 0 fully saturated rings. The summed E-state index contributed by atoms with van der Waals surface area (Å²) in [5, 5.41) is 0. The second-order valence-corrected chi connectivity index (χ2v) is 4.77. The topological polar surface area (TPSA) is 18.5 Å². The Bertz CT molecular complexity index is 139. The molecule has 0 radical (unpaired) electrons. The lowest BCUT2D eigenvalue weighted by Crippen LogP contribution is -2.31. The van der Waals surface area contributed by atoms with Crippen molar-refractivity contribution in [3.05, 3.63) is 0 Å². The van der Waals surface area contributed by atoms with E-state index >= 15 is 0 Å². The van der Waals surface area contributed by atoms with Crippen LogP contribution in [-0.4, -0.2) is 27.4 Å². The Morgan fingerprint density at radius 1 is 1.07 bits per heavy atom. The third kappa shape index (κ3) is 5.53. The molecule has 0 saturated heterocycles. The van der Waals surface area contributed by atoms with E-state index in [-0.39, 0.29) is 5.41 Å². The molecule has 1 atom stereocenters. The standard InChI is InChI=1S/C13H28O2/c1-6-12(3)8-9-13(7-2,10-14-4)11-15-5/h12H,6-11H2,1-5H3. The summed E-state index contributed by atoms with van der Waals surface area (Å²) in [6.07, 6.45) is 4.88. The van der Waals surface area contributed by atoms with Gasteiger partial charge in [0.05, 0.1) is 13.2 Å². The first-order chi connectivity index (χ1) is 7.14. The van der Waals surface area contributed by atoms with E-state index in [1.165, 1.54) is 19.3 Å². The lowest BCUT2D eigenvalue weighted by molar-refractivity contribution is -0.00173. The molecular formula is C13H28O2. The van der Waals surface area contributed by atoms with Crippen LogP contribution in [0.5, 0.6) is 0 Å². The van der Waals surface area contributed by atoms with E-state index < -0.39 is 0 Å². The van der Waals surface area contributed by atoms with E-state index in [0.717, 1.165) is 25.6 Å². The van der Waals surface area contributed by atoms with E-state index in [1.807, 2.05) is 0 Å². The fourth-order valence-corrected chi connectivity index (χ4v) is 1.94. The first-order valence-electron chi connectivity index (χ1n) is 6.12. The highest BCUT2D eigenvalue weighted by Gasteiger charge is 2.28. The molecule has 0 aromatic rings. The molecule has 0 aromatic carbocycles. The molecule has 0 aliphatic carbocycles. The number of methoxy groups -OCH3 is 2. The van der Waals surface area contributed by atoms with Crippen LogP contribution >= 0.6 is 0 Å². The first-order valence-corrected chi connectivity index (χ1v) is 6.12. The summed E-state index contributed by atoms with van der Waals surface area (Å²) in [6.45, 7) is 8.43. The second kappa shape index (κ2) is 8.12. The Balaban J connectivity index is 4.19. The van der Waals surface area contributed by atoms with Crippen molar-refractivity contribution in [1.29, 1.82) is 0 Å². The van der Waals surface area contributed by atoms with Gasteiger partial charge in [0.2, 0.25) is 0 Å². The average molecular weight is 216 g/mol. The summed E-state index contributed by atoms with van der Waals surface area (Å²) in [6, 6.07) is 0. The van der Waals surface area contributed by atoms with Crippen LogP contribution < -0.4 is 0 Å². The first kappa shape index (κ1) is 14.9. The molecule has 0 heterocycles. The molecule has 0 aromatic heterocycles. The van der Waals surface area contributed by atoms with Gasteiger partial charge in [-0.25, -0.2) is 0 Å². The SMILES string of the molecule is CCC(C)CCC(CC)(COC)COC. The van der Waals surface area contributed by atoms with Gasteiger partial charge in [0, 0.05) is 19.6 Å². The Kier molecular flexibility index (Phi) is 8.07. The molecule has 0 N–H and O–H groups in total. The second-order valence-electron chi connectivity index (χ2n) is 4.77. The minimum Gasteiger partial charge on any atom is -0.384 e. The maximum atomic E-state index is 5.34. The van der Waals surface area contributed by atoms with E-state index in [4.69, 9.17) is 9.47 Å². The van der Waals surface area contributed by atoms with Gasteiger partial charge in [-0.2, -0.15) is 0 Å². The van der Waals surface area contributed by atoms with Gasteiger partial charge in [-0.05, 0) is 18.8 Å². The quantitative estimate of drug-likeness (QED) is 0.587. The van der Waals surface area contributed by atoms with Gasteiger partial charge in [-0.1, -0.05) is 33.6 Å². The molecule has 0 saturated carbocycles. The Labute approximate surface area is 95.3 Å². The predicted molar refractivity (Wildman–Crippen MR) is 65.2 cm³/mol. The van der Waals surface area contributed by atoms with Gasteiger partial charge < -0.3 is 9.47 Å². The third-order valence-corrected chi connectivity index (χ3v) is 3.52. The molecule has 0 aliphatic rings. The molecule has 0 aliphatic heterocycles. The lowest BCUT2D eigenvalue weighted by Gasteiger charge is -2.32. The van der Waals surface area contributed by atoms with Crippen LogP contribution in [0.3, 0.4) is 0 Å². The van der Waals surface area contributed by atoms with E-state index in [0.29, 0.717) is 0 Å². The molecule has 0 bridgehead atoms. The Morgan fingerprint density at radius 3 is 1.93 bits per heavy atom. The van der Waals surface area contributed by atoms with Crippen LogP contribution in [-0.2, 0) is 9.47 Å². The van der Waals surface area contributed by atoms with Crippen molar-refractivity contribution in [2.24, 2.45) is 11.3 Å². The van der Waals surface area contributed by atoms with Gasteiger partial charge in [0.25, 0.3) is 0 Å². The largest absolute Gasteiger partial charge is 0.384 e. The minimum atomic E-state index is 0.229. The number of rotatable bonds is 9. The summed E-state index contributed by atoms with van der Waals surface area (Å²) in [7, 11) is 3.56. The predicted octanol–water partition coefficient (Wildman–Crippen LogP) is 3.50. The molecule has 2 heteroatoms. The fourth-order valence-electron chi connectivity index (χ4n) is 1.94. The molecule has 0 amide bonds. The zero-order valence-corrected chi connectivity index (χ0v) is 11.1. The normalized spacial score (nSPS) is 14.2. The maximum Gasteiger partial charge on any atom is 0.0540 e. The zero-order valence-electron chi connectivity index (χ0n) is 11.1. The molecular weight excluding hydrogens is 188 g/mol. The maximum absolute atomic E-state index is 5.34. The number of hydrogen-bond acceptors (Lipinski definition) is 2. The van der Waals surface area contributed by atoms with Crippen molar-refractivity contribution in [3.63, 3.8) is 0 Å². The van der Waals surface area contributed by atoms with Crippen LogP contribution in [0.2, 0.25) is 0 Å². The summed E-state index contributed by atoms with van der Waals surface area (Å²) in [4.78, 5) is 0. The lowest BCUT2D eigenvalue weighted by atomic mass is 9.80. The summed E-state index contributed by atoms with van der Waals surface area (Å²) in [5.41, 5.74) is 0.229. The monoisotopic (exact) mass is 216 g/mol. The fraction of sp³-hybridized carbons (Fsp3) is 1.00. The van der Waals surface area contributed by atoms with E-state index in [2.05, 4.69) is 20.8 Å². The highest BCUT2D eigenvalue weighted by molar-refractivity contribution is 4.78. The van der Waals surface area contributed by atoms with Crippen molar-refractivity contribution in [1.82, 2.24) is 0 Å². The molecule has 1 unspecified atom stereocenters. The van der Waals surface area contributed by atoms with Crippen molar-refractivity contribution in [2.75, 3.05) is 27.4 Å². The van der Waals surface area contributed by atoms with E-state index in [1.54, 1.807) is 14.2 Å². The van der Waals surface area contributed by atoms with Crippen molar-refractivity contribution >= 4 is 0 Å². The number of ether oxygens (including phenoxy) is 2.